The molecule has 0 aromatic carbocycles. The molecule has 0 rings (SSSR count). The molecule has 0 aliphatic carbocycles. The van der Waals surface area contributed by atoms with Crippen molar-refractivity contribution in [3.63, 3.8) is 0 Å². The average Bonchev–Trinajstić information content (AvgIpc) is 2.10. The van der Waals surface area contributed by atoms with Crippen LogP contribution in [0.2, 0.25) is 0 Å². The standard InChI is InChI=1S/C9H22N2O4S/c1-11(2,6-8-15-7-4-10)5-3-9-16(12,13)14/h3-10H2,1-2H3/p+1. The van der Waals surface area contributed by atoms with Gasteiger partial charge in [-0.25, -0.2) is 0 Å². The number of hydrogen-bond donors (Lipinski definition) is 2. The smallest absolute Gasteiger partial charge is 0.265 e. The molecule has 6 nitrogen and oxygen atoms in total. The molecule has 0 saturated heterocycles. The maximum atomic E-state index is 10.5. The van der Waals surface area contributed by atoms with Gasteiger partial charge < -0.3 is 15.0 Å². The van der Waals surface area contributed by atoms with Crippen LogP contribution in [0.5, 0.6) is 0 Å². The van der Waals surface area contributed by atoms with E-state index in [0.717, 1.165) is 6.54 Å². The Kier molecular flexibility index (Phi) is 7.09. The van der Waals surface area contributed by atoms with Crippen molar-refractivity contribution in [3.8, 4) is 0 Å². The molecule has 0 fully saturated rings. The molecule has 0 bridgehead atoms. The minimum absolute atomic E-state index is 0.182. The van der Waals surface area contributed by atoms with Crippen LogP contribution in [-0.4, -0.2) is 70.1 Å². The van der Waals surface area contributed by atoms with Crippen LogP contribution in [0.4, 0.5) is 0 Å². The van der Waals surface area contributed by atoms with Crippen molar-refractivity contribution in [1.29, 1.82) is 0 Å². The highest BCUT2D eigenvalue weighted by molar-refractivity contribution is 7.85. The Morgan fingerprint density at radius 3 is 2.38 bits per heavy atom. The van der Waals surface area contributed by atoms with Gasteiger partial charge in [-0.05, 0) is 0 Å². The largest absolute Gasteiger partial charge is 0.374 e. The van der Waals surface area contributed by atoms with Crippen LogP contribution in [0.25, 0.3) is 0 Å². The highest BCUT2D eigenvalue weighted by Gasteiger charge is 2.16. The van der Waals surface area contributed by atoms with Gasteiger partial charge in [0.2, 0.25) is 0 Å². The summed E-state index contributed by atoms with van der Waals surface area (Å²) in [6.07, 6.45) is 0.447. The second-order valence-electron chi connectivity index (χ2n) is 4.42. The summed E-state index contributed by atoms with van der Waals surface area (Å²) in [4.78, 5) is 0. The zero-order valence-corrected chi connectivity index (χ0v) is 10.9. The first kappa shape index (κ1) is 15.8. The zero-order valence-electron chi connectivity index (χ0n) is 10.1. The van der Waals surface area contributed by atoms with Crippen molar-refractivity contribution in [2.75, 3.05) is 52.7 Å². The molecule has 0 radical (unpaired) electrons. The fourth-order valence-corrected chi connectivity index (χ4v) is 1.78. The van der Waals surface area contributed by atoms with E-state index in [1.807, 2.05) is 14.1 Å². The fraction of sp³-hybridized carbons (Fsp3) is 1.00. The summed E-state index contributed by atoms with van der Waals surface area (Å²) in [6.45, 7) is 3.15. The third-order valence-corrected chi connectivity index (χ3v) is 3.07. The van der Waals surface area contributed by atoms with Gasteiger partial charge in [-0.2, -0.15) is 8.42 Å². The molecular weight excluding hydrogens is 232 g/mol. The monoisotopic (exact) mass is 255 g/mol. The molecule has 0 spiro atoms. The van der Waals surface area contributed by atoms with Crippen LogP contribution in [0.15, 0.2) is 0 Å². The molecule has 0 aromatic heterocycles. The number of hydrogen-bond acceptors (Lipinski definition) is 4. The van der Waals surface area contributed by atoms with Crippen LogP contribution in [-0.2, 0) is 14.9 Å². The predicted molar refractivity (Wildman–Crippen MR) is 62.7 cm³/mol. The average molecular weight is 255 g/mol. The Morgan fingerprint density at radius 1 is 1.25 bits per heavy atom. The number of nitrogens with zero attached hydrogens (tertiary/aromatic N) is 1. The first-order chi connectivity index (χ1) is 7.27. The SMILES string of the molecule is C[N+](C)(CCCS(=O)(=O)O)CCOCCN. The predicted octanol–water partition coefficient (Wildman–Crippen LogP) is -0.684. The van der Waals surface area contributed by atoms with Crippen LogP contribution in [0, 0.1) is 0 Å². The molecule has 0 amide bonds. The summed E-state index contributed by atoms with van der Waals surface area (Å²) in [6, 6.07) is 0. The first-order valence-electron chi connectivity index (χ1n) is 5.32. The lowest BCUT2D eigenvalue weighted by molar-refractivity contribution is -0.890. The van der Waals surface area contributed by atoms with Gasteiger partial charge in [0.05, 0.1) is 39.6 Å². The van der Waals surface area contributed by atoms with E-state index in [2.05, 4.69) is 0 Å². The van der Waals surface area contributed by atoms with E-state index < -0.39 is 10.1 Å². The van der Waals surface area contributed by atoms with E-state index in [1.165, 1.54) is 0 Å². The minimum atomic E-state index is -3.83. The van der Waals surface area contributed by atoms with Crippen LogP contribution < -0.4 is 5.73 Å². The number of quaternary nitrogens is 1. The Labute approximate surface area is 97.7 Å². The molecule has 0 aromatic rings. The van der Waals surface area contributed by atoms with Gasteiger partial charge in [-0.1, -0.05) is 0 Å². The van der Waals surface area contributed by atoms with Gasteiger partial charge in [0.15, 0.2) is 0 Å². The molecule has 0 aliphatic heterocycles. The molecule has 0 saturated carbocycles. The third-order valence-electron chi connectivity index (χ3n) is 2.27. The lowest BCUT2D eigenvalue weighted by Crippen LogP contribution is -2.43. The molecule has 7 heteroatoms. The maximum Gasteiger partial charge on any atom is 0.265 e. The van der Waals surface area contributed by atoms with E-state index in [-0.39, 0.29) is 5.75 Å². The van der Waals surface area contributed by atoms with Crippen LogP contribution in [0.3, 0.4) is 0 Å². The van der Waals surface area contributed by atoms with E-state index in [4.69, 9.17) is 15.0 Å². The number of ether oxygens (including phenoxy) is 1. The molecule has 0 atom stereocenters. The molecule has 0 heterocycles. The van der Waals surface area contributed by atoms with Gasteiger partial charge >= 0.3 is 0 Å². The van der Waals surface area contributed by atoms with Crippen molar-refractivity contribution < 1.29 is 22.2 Å². The van der Waals surface area contributed by atoms with Crippen molar-refractivity contribution in [2.45, 2.75) is 6.42 Å². The highest BCUT2D eigenvalue weighted by Crippen LogP contribution is 2.00. The Balaban J connectivity index is 3.70. The second-order valence-corrected chi connectivity index (χ2v) is 6.00. The topological polar surface area (TPSA) is 89.6 Å². The fourth-order valence-electron chi connectivity index (χ4n) is 1.28. The first-order valence-corrected chi connectivity index (χ1v) is 6.93. The Hall–Kier alpha value is -0.210. The summed E-state index contributed by atoms with van der Waals surface area (Å²) in [7, 11) is 0.158. The second kappa shape index (κ2) is 7.18. The molecule has 0 aliphatic rings. The van der Waals surface area contributed by atoms with Crippen LogP contribution >= 0.6 is 0 Å². The molecule has 3 N–H and O–H groups in total. The molecule has 98 valence electrons. The van der Waals surface area contributed by atoms with Gasteiger partial charge in [-0.15, -0.1) is 0 Å². The van der Waals surface area contributed by atoms with E-state index in [9.17, 15) is 8.42 Å². The molecule has 0 unspecified atom stereocenters. The van der Waals surface area contributed by atoms with Crippen LogP contribution in [0.1, 0.15) is 6.42 Å². The third kappa shape index (κ3) is 10.3. The lowest BCUT2D eigenvalue weighted by atomic mass is 10.4. The van der Waals surface area contributed by atoms with Gasteiger partial charge in [0, 0.05) is 13.0 Å². The number of nitrogens with two attached hydrogens (primary N) is 1. The summed E-state index contributed by atoms with van der Waals surface area (Å²) in [5, 5.41) is 0. The zero-order chi connectivity index (χ0) is 12.7. The number of rotatable bonds is 9. The van der Waals surface area contributed by atoms with Gasteiger partial charge in [0.1, 0.15) is 6.54 Å². The van der Waals surface area contributed by atoms with E-state index in [1.54, 1.807) is 0 Å². The van der Waals surface area contributed by atoms with Crippen molar-refractivity contribution in [3.05, 3.63) is 0 Å². The van der Waals surface area contributed by atoms with Gasteiger partial charge in [-0.3, -0.25) is 4.55 Å². The number of likely N-dealkylation sites (N-methyl/N-ethyl adjacent to an activating group) is 1. The molecular formula is C9H23N2O4S+. The Morgan fingerprint density at radius 2 is 1.88 bits per heavy atom. The van der Waals surface area contributed by atoms with Crippen molar-refractivity contribution in [2.24, 2.45) is 5.73 Å². The summed E-state index contributed by atoms with van der Waals surface area (Å²) < 4.78 is 35.6. The Bertz CT molecular complexity index is 277. The lowest BCUT2D eigenvalue weighted by Gasteiger charge is -2.29. The minimum Gasteiger partial charge on any atom is -0.374 e. The summed E-state index contributed by atoms with van der Waals surface area (Å²) >= 11 is 0. The molecule has 16 heavy (non-hydrogen) atoms. The normalized spacial score (nSPS) is 13.0. The van der Waals surface area contributed by atoms with E-state index in [0.29, 0.717) is 37.2 Å². The maximum absolute atomic E-state index is 10.5. The van der Waals surface area contributed by atoms with E-state index >= 15 is 0 Å². The van der Waals surface area contributed by atoms with Gasteiger partial charge in [0.25, 0.3) is 10.1 Å². The van der Waals surface area contributed by atoms with Crippen molar-refractivity contribution >= 4 is 10.1 Å². The summed E-state index contributed by atoms with van der Waals surface area (Å²) in [5.74, 6) is -0.182. The summed E-state index contributed by atoms with van der Waals surface area (Å²) in [5.41, 5.74) is 5.28. The van der Waals surface area contributed by atoms with Crippen molar-refractivity contribution in [1.82, 2.24) is 0 Å². The quantitative estimate of drug-likeness (QED) is 0.323. The highest BCUT2D eigenvalue weighted by atomic mass is 32.2.